The van der Waals surface area contributed by atoms with E-state index in [-0.39, 0.29) is 16.6 Å². The molecular weight excluding hydrogens is 312 g/mol. The van der Waals surface area contributed by atoms with Gasteiger partial charge in [-0.3, -0.25) is 23.8 Å². The zero-order valence-electron chi connectivity index (χ0n) is 13.7. The number of hydrogen-bond acceptors (Lipinski definition) is 5. The van der Waals surface area contributed by atoms with Gasteiger partial charge in [0.1, 0.15) is 5.65 Å². The van der Waals surface area contributed by atoms with E-state index in [1.807, 2.05) is 6.92 Å². The highest BCUT2D eigenvalue weighted by Gasteiger charge is 2.16. The maximum atomic E-state index is 12.5. The maximum absolute atomic E-state index is 12.5. The largest absolute Gasteiger partial charge is 0.329 e. The van der Waals surface area contributed by atoms with E-state index in [1.165, 1.54) is 23.9 Å². The molecule has 3 rings (SSSR count). The van der Waals surface area contributed by atoms with Crippen molar-refractivity contribution in [3.05, 3.63) is 50.1 Å². The summed E-state index contributed by atoms with van der Waals surface area (Å²) < 4.78 is 2.89. The molecule has 24 heavy (non-hydrogen) atoms. The van der Waals surface area contributed by atoms with Gasteiger partial charge >= 0.3 is 5.69 Å². The fraction of sp³-hybridized carbons (Fsp3) is 0.267. The van der Waals surface area contributed by atoms with Crippen LogP contribution in [0.5, 0.6) is 0 Å². The molecule has 0 radical (unpaired) electrons. The summed E-state index contributed by atoms with van der Waals surface area (Å²) in [6.07, 6.45) is 1.33. The number of pyridine rings is 1. The van der Waals surface area contributed by atoms with Gasteiger partial charge in [-0.1, -0.05) is 0 Å². The maximum Gasteiger partial charge on any atom is 0.329 e. The van der Waals surface area contributed by atoms with Crippen molar-refractivity contribution in [2.45, 2.75) is 13.8 Å². The van der Waals surface area contributed by atoms with Crippen molar-refractivity contribution in [1.29, 1.82) is 0 Å². The molecule has 0 aliphatic heterocycles. The molecule has 9 heteroatoms. The zero-order chi connectivity index (χ0) is 17.6. The van der Waals surface area contributed by atoms with Crippen molar-refractivity contribution >= 4 is 22.6 Å². The van der Waals surface area contributed by atoms with Crippen LogP contribution in [0.1, 0.15) is 21.7 Å². The second-order valence-electron chi connectivity index (χ2n) is 5.54. The monoisotopic (exact) mass is 328 g/mol. The molecule has 0 bridgehead atoms. The van der Waals surface area contributed by atoms with Gasteiger partial charge in [-0.05, 0) is 19.9 Å². The number of nitrogens with zero attached hydrogens (tertiary/aromatic N) is 4. The van der Waals surface area contributed by atoms with E-state index >= 15 is 0 Å². The van der Waals surface area contributed by atoms with Crippen LogP contribution in [-0.4, -0.2) is 30.2 Å². The fourth-order valence-electron chi connectivity index (χ4n) is 2.50. The summed E-state index contributed by atoms with van der Waals surface area (Å²) in [4.78, 5) is 42.2. The van der Waals surface area contributed by atoms with Gasteiger partial charge in [0.2, 0.25) is 0 Å². The van der Waals surface area contributed by atoms with Crippen LogP contribution < -0.4 is 16.6 Å². The molecule has 0 spiro atoms. The first-order chi connectivity index (χ1) is 11.3. The number of carbonyl (C=O) groups is 1. The first-order valence-electron chi connectivity index (χ1n) is 7.20. The molecular formula is C15H16N6O3. The first-order valence-corrected chi connectivity index (χ1v) is 7.20. The normalized spacial score (nSPS) is 11.0. The van der Waals surface area contributed by atoms with E-state index in [0.717, 1.165) is 5.69 Å². The van der Waals surface area contributed by atoms with Gasteiger partial charge in [-0.25, -0.2) is 9.78 Å². The molecule has 0 saturated heterocycles. The number of aromatic amines is 1. The Kier molecular flexibility index (Phi) is 3.55. The number of H-pyrrole nitrogens is 1. The molecule has 0 aliphatic rings. The molecule has 0 saturated carbocycles. The average molecular weight is 328 g/mol. The van der Waals surface area contributed by atoms with Gasteiger partial charge in [-0.15, -0.1) is 0 Å². The number of nitrogens with one attached hydrogen (secondary N) is 2. The molecule has 3 aromatic rings. The van der Waals surface area contributed by atoms with Crippen LogP contribution in [0.3, 0.4) is 0 Å². The highest BCUT2D eigenvalue weighted by molar-refractivity contribution is 6.06. The van der Waals surface area contributed by atoms with Crippen LogP contribution in [0.2, 0.25) is 0 Å². The van der Waals surface area contributed by atoms with Crippen LogP contribution >= 0.6 is 0 Å². The van der Waals surface area contributed by atoms with Crippen molar-refractivity contribution in [2.75, 3.05) is 5.32 Å². The second-order valence-corrected chi connectivity index (χ2v) is 5.54. The third-order valence-electron chi connectivity index (χ3n) is 3.96. The van der Waals surface area contributed by atoms with E-state index in [0.29, 0.717) is 11.4 Å². The Balaban J connectivity index is 2.05. The van der Waals surface area contributed by atoms with Crippen molar-refractivity contribution < 1.29 is 4.79 Å². The van der Waals surface area contributed by atoms with Crippen molar-refractivity contribution in [3.8, 4) is 0 Å². The topological polar surface area (TPSA) is 115 Å². The number of aryl methyl sites for hydroxylation is 3. The smallest absolute Gasteiger partial charge is 0.319 e. The molecule has 0 atom stereocenters. The molecule has 0 aromatic carbocycles. The first kappa shape index (κ1) is 15.7. The standard InChI is InChI=1S/C15H16N6O3/c1-7-11(8(2)21(4)19-7)17-13(22)9-5-10-12(16-6-9)20(3)15(24)18-14(10)23/h5-6H,1-4H3,(H,17,22)(H,18,23,24). The second kappa shape index (κ2) is 5.44. The SMILES string of the molecule is Cc1nn(C)c(C)c1NC(=O)c1cnc2c(c1)c(=O)[nH]c(=O)n2C. The van der Waals surface area contributed by atoms with Crippen molar-refractivity contribution in [1.82, 2.24) is 24.3 Å². The van der Waals surface area contributed by atoms with E-state index in [2.05, 4.69) is 20.4 Å². The van der Waals surface area contributed by atoms with Gasteiger partial charge in [0.05, 0.1) is 28.0 Å². The highest BCUT2D eigenvalue weighted by Crippen LogP contribution is 2.19. The minimum absolute atomic E-state index is 0.171. The number of hydrogen-bond donors (Lipinski definition) is 2. The van der Waals surface area contributed by atoms with Crippen LogP contribution in [-0.2, 0) is 14.1 Å². The summed E-state index contributed by atoms with van der Waals surface area (Å²) in [7, 11) is 3.28. The number of rotatable bonds is 2. The Labute approximate surface area is 136 Å². The van der Waals surface area contributed by atoms with Crippen molar-refractivity contribution in [3.63, 3.8) is 0 Å². The Morgan fingerprint density at radius 2 is 1.96 bits per heavy atom. The summed E-state index contributed by atoms with van der Waals surface area (Å²) >= 11 is 0. The highest BCUT2D eigenvalue weighted by atomic mass is 16.2. The summed E-state index contributed by atoms with van der Waals surface area (Å²) in [5.41, 5.74) is 1.43. The van der Waals surface area contributed by atoms with Crippen molar-refractivity contribution in [2.24, 2.45) is 14.1 Å². The number of carbonyl (C=O) groups excluding carboxylic acids is 1. The molecule has 0 fully saturated rings. The Morgan fingerprint density at radius 3 is 2.58 bits per heavy atom. The minimum Gasteiger partial charge on any atom is -0.319 e. The minimum atomic E-state index is -0.580. The molecule has 9 nitrogen and oxygen atoms in total. The van der Waals surface area contributed by atoms with Crippen LogP contribution in [0.4, 0.5) is 5.69 Å². The third kappa shape index (κ3) is 2.39. The lowest BCUT2D eigenvalue weighted by Gasteiger charge is -2.07. The van der Waals surface area contributed by atoms with E-state index in [1.54, 1.807) is 18.7 Å². The van der Waals surface area contributed by atoms with E-state index < -0.39 is 17.2 Å². The lowest BCUT2D eigenvalue weighted by molar-refractivity contribution is 0.102. The van der Waals surface area contributed by atoms with Gasteiger partial charge in [0, 0.05) is 20.3 Å². The van der Waals surface area contributed by atoms with Crippen LogP contribution in [0.25, 0.3) is 11.0 Å². The summed E-state index contributed by atoms with van der Waals surface area (Å²) in [6, 6.07) is 1.41. The number of fused-ring (bicyclic) bond motifs is 1. The molecule has 3 heterocycles. The average Bonchev–Trinajstić information content (AvgIpc) is 2.78. The van der Waals surface area contributed by atoms with Crippen LogP contribution in [0.15, 0.2) is 21.9 Å². The Bertz CT molecular complexity index is 1090. The van der Waals surface area contributed by atoms with Gasteiger partial charge in [-0.2, -0.15) is 5.10 Å². The Hall–Kier alpha value is -3.23. The molecule has 0 aliphatic carbocycles. The quantitative estimate of drug-likeness (QED) is 0.698. The summed E-state index contributed by atoms with van der Waals surface area (Å²) in [5.74, 6) is -0.406. The lowest BCUT2D eigenvalue weighted by Crippen LogP contribution is -2.29. The number of anilines is 1. The molecule has 2 N–H and O–H groups in total. The zero-order valence-corrected chi connectivity index (χ0v) is 13.7. The Morgan fingerprint density at radius 1 is 1.25 bits per heavy atom. The predicted molar refractivity (Wildman–Crippen MR) is 88.2 cm³/mol. The molecule has 3 aromatic heterocycles. The molecule has 124 valence electrons. The third-order valence-corrected chi connectivity index (χ3v) is 3.96. The number of amides is 1. The molecule has 1 amide bonds. The summed E-state index contributed by atoms with van der Waals surface area (Å²) in [5, 5.41) is 7.19. The number of aromatic nitrogens is 5. The predicted octanol–water partition coefficient (Wildman–Crippen LogP) is 0.224. The molecule has 0 unspecified atom stereocenters. The van der Waals surface area contributed by atoms with E-state index in [4.69, 9.17) is 0 Å². The van der Waals surface area contributed by atoms with Gasteiger partial charge in [0.25, 0.3) is 11.5 Å². The van der Waals surface area contributed by atoms with Gasteiger partial charge < -0.3 is 5.32 Å². The van der Waals surface area contributed by atoms with Gasteiger partial charge in [0.15, 0.2) is 0 Å². The fourth-order valence-corrected chi connectivity index (χ4v) is 2.50. The lowest BCUT2D eigenvalue weighted by atomic mass is 10.2. The summed E-state index contributed by atoms with van der Waals surface area (Å²) in [6.45, 7) is 3.64. The van der Waals surface area contributed by atoms with Crippen LogP contribution in [0, 0.1) is 13.8 Å². The van der Waals surface area contributed by atoms with E-state index in [9.17, 15) is 14.4 Å².